The molecule has 0 aliphatic rings. The number of hydrogen-bond donors (Lipinski definition) is 1. The van der Waals surface area contributed by atoms with E-state index in [0.29, 0.717) is 4.68 Å². The van der Waals surface area contributed by atoms with E-state index in [1.807, 2.05) is 0 Å². The molecule has 0 unspecified atom stereocenters. The molecule has 0 spiro atoms. The molecule has 1 aromatic carbocycles. The first-order valence-corrected chi connectivity index (χ1v) is 6.34. The molecule has 2 aromatic rings. The molecule has 0 atom stereocenters. The number of nitro groups is 1. The number of non-ortho nitro benzene ring substituents is 1. The number of aromatic nitrogens is 2. The zero-order valence-corrected chi connectivity index (χ0v) is 12.1. The largest absolute Gasteiger partial charge is 0.434 e. The van der Waals surface area contributed by atoms with Crippen molar-refractivity contribution < 1.29 is 22.9 Å². The molecule has 1 aromatic heterocycles. The van der Waals surface area contributed by atoms with Gasteiger partial charge in [-0.15, -0.1) is 0 Å². The summed E-state index contributed by atoms with van der Waals surface area (Å²) in [5.41, 5.74) is -1.89. The van der Waals surface area contributed by atoms with Gasteiger partial charge in [-0.05, 0) is 12.1 Å². The van der Waals surface area contributed by atoms with Crippen LogP contribution in [0.15, 0.2) is 24.3 Å². The third kappa shape index (κ3) is 3.42. The first-order chi connectivity index (χ1) is 10.6. The second-order valence-electron chi connectivity index (χ2n) is 4.39. The van der Waals surface area contributed by atoms with Crippen molar-refractivity contribution in [1.82, 2.24) is 9.78 Å². The van der Waals surface area contributed by atoms with Crippen LogP contribution in [-0.2, 0) is 13.2 Å². The van der Waals surface area contributed by atoms with Crippen LogP contribution < -0.4 is 5.32 Å². The van der Waals surface area contributed by atoms with Gasteiger partial charge in [0, 0.05) is 24.9 Å². The van der Waals surface area contributed by atoms with Crippen molar-refractivity contribution in [2.75, 3.05) is 5.32 Å². The highest BCUT2D eigenvalue weighted by atomic mass is 35.5. The van der Waals surface area contributed by atoms with Gasteiger partial charge in [0.15, 0.2) is 11.4 Å². The van der Waals surface area contributed by atoms with Crippen LogP contribution >= 0.6 is 11.6 Å². The Morgan fingerprint density at radius 2 is 1.91 bits per heavy atom. The summed E-state index contributed by atoms with van der Waals surface area (Å²) in [7, 11) is 1.01. The van der Waals surface area contributed by atoms with Crippen molar-refractivity contribution in [3.63, 3.8) is 0 Å². The van der Waals surface area contributed by atoms with E-state index in [2.05, 4.69) is 10.4 Å². The molecule has 0 aliphatic heterocycles. The van der Waals surface area contributed by atoms with Crippen molar-refractivity contribution in [2.45, 2.75) is 6.18 Å². The second kappa shape index (κ2) is 5.88. The topological polar surface area (TPSA) is 90.1 Å². The first-order valence-electron chi connectivity index (χ1n) is 5.96. The van der Waals surface area contributed by atoms with Gasteiger partial charge in [0.25, 0.3) is 11.6 Å². The van der Waals surface area contributed by atoms with Crippen LogP contribution in [0.3, 0.4) is 0 Å². The third-order valence-corrected chi connectivity index (χ3v) is 3.17. The van der Waals surface area contributed by atoms with E-state index in [9.17, 15) is 28.1 Å². The standard InChI is InChI=1S/C12H8ClF3N4O3/c1-19-10(12(14,15)16)8(13)9(18-19)11(21)17-6-2-4-7(5-3-6)20(22)23/h2-5H,1H3,(H,17,21). The van der Waals surface area contributed by atoms with Gasteiger partial charge >= 0.3 is 6.18 Å². The van der Waals surface area contributed by atoms with Crippen molar-refractivity contribution in [1.29, 1.82) is 0 Å². The highest BCUT2D eigenvalue weighted by molar-refractivity contribution is 6.34. The lowest BCUT2D eigenvalue weighted by Crippen LogP contribution is -2.13. The van der Waals surface area contributed by atoms with Crippen LogP contribution in [0.4, 0.5) is 24.5 Å². The molecule has 0 saturated carbocycles. The van der Waals surface area contributed by atoms with E-state index in [0.717, 1.165) is 19.2 Å². The summed E-state index contributed by atoms with van der Waals surface area (Å²) in [5, 5.41) is 15.4. The van der Waals surface area contributed by atoms with Gasteiger partial charge in [0.2, 0.25) is 0 Å². The number of amides is 1. The Hall–Kier alpha value is -2.62. The van der Waals surface area contributed by atoms with Gasteiger partial charge in [-0.3, -0.25) is 19.6 Å². The zero-order valence-electron chi connectivity index (χ0n) is 11.4. The van der Waals surface area contributed by atoms with Crippen LogP contribution in [0.5, 0.6) is 0 Å². The highest BCUT2D eigenvalue weighted by Gasteiger charge is 2.40. The molecule has 23 heavy (non-hydrogen) atoms. The third-order valence-electron chi connectivity index (χ3n) is 2.81. The lowest BCUT2D eigenvalue weighted by Gasteiger charge is -2.06. The number of benzene rings is 1. The fourth-order valence-corrected chi connectivity index (χ4v) is 2.16. The van der Waals surface area contributed by atoms with Gasteiger partial charge in [-0.2, -0.15) is 18.3 Å². The van der Waals surface area contributed by atoms with E-state index in [1.54, 1.807) is 0 Å². The number of anilines is 1. The predicted molar refractivity (Wildman–Crippen MR) is 74.3 cm³/mol. The quantitative estimate of drug-likeness (QED) is 0.681. The Kier molecular flexibility index (Phi) is 4.28. The molecule has 0 aliphatic carbocycles. The smallest absolute Gasteiger partial charge is 0.321 e. The molecule has 2 rings (SSSR count). The molecular weight excluding hydrogens is 341 g/mol. The number of halogens is 4. The van der Waals surface area contributed by atoms with Crippen LogP contribution in [0, 0.1) is 10.1 Å². The van der Waals surface area contributed by atoms with Crippen LogP contribution in [0.25, 0.3) is 0 Å². The molecule has 0 fully saturated rings. The Bertz CT molecular complexity index is 771. The maximum Gasteiger partial charge on any atom is 0.434 e. The number of nitro benzene ring substituents is 1. The minimum Gasteiger partial charge on any atom is -0.321 e. The van der Waals surface area contributed by atoms with E-state index in [-0.39, 0.29) is 11.4 Å². The maximum atomic E-state index is 12.8. The number of hydrogen-bond acceptors (Lipinski definition) is 4. The number of rotatable bonds is 3. The molecule has 1 N–H and O–H groups in total. The molecule has 1 heterocycles. The predicted octanol–water partition coefficient (Wildman–Crippen LogP) is 3.25. The van der Waals surface area contributed by atoms with Gasteiger partial charge < -0.3 is 5.32 Å². The van der Waals surface area contributed by atoms with E-state index < -0.39 is 33.4 Å². The summed E-state index contributed by atoms with van der Waals surface area (Å²) in [6.07, 6.45) is -4.76. The molecular formula is C12H8ClF3N4O3. The SMILES string of the molecule is Cn1nc(C(=O)Nc2ccc([N+](=O)[O-])cc2)c(Cl)c1C(F)(F)F. The normalized spacial score (nSPS) is 11.3. The number of carbonyl (C=O) groups excluding carboxylic acids is 1. The summed E-state index contributed by atoms with van der Waals surface area (Å²) < 4.78 is 38.8. The summed E-state index contributed by atoms with van der Waals surface area (Å²) in [6, 6.07) is 4.74. The fraction of sp³-hybridized carbons (Fsp3) is 0.167. The fourth-order valence-electron chi connectivity index (χ4n) is 1.81. The van der Waals surface area contributed by atoms with Crippen molar-refractivity contribution in [2.24, 2.45) is 7.05 Å². The molecule has 7 nitrogen and oxygen atoms in total. The number of aryl methyl sites for hydroxylation is 1. The van der Waals surface area contributed by atoms with E-state index in [4.69, 9.17) is 11.6 Å². The van der Waals surface area contributed by atoms with Crippen molar-refractivity contribution >= 4 is 28.9 Å². The summed E-state index contributed by atoms with van der Waals surface area (Å²) >= 11 is 5.59. The number of nitrogens with one attached hydrogen (secondary N) is 1. The molecule has 122 valence electrons. The van der Waals surface area contributed by atoms with Crippen molar-refractivity contribution in [3.05, 3.63) is 50.8 Å². The van der Waals surface area contributed by atoms with E-state index in [1.165, 1.54) is 12.1 Å². The van der Waals surface area contributed by atoms with Crippen molar-refractivity contribution in [3.8, 4) is 0 Å². The molecule has 1 amide bonds. The van der Waals surface area contributed by atoms with Crippen LogP contribution in [-0.4, -0.2) is 20.6 Å². The lowest BCUT2D eigenvalue weighted by molar-refractivity contribution is -0.384. The summed E-state index contributed by atoms with van der Waals surface area (Å²) in [6.45, 7) is 0. The number of nitrogens with zero attached hydrogens (tertiary/aromatic N) is 3. The monoisotopic (exact) mass is 348 g/mol. The molecule has 0 radical (unpaired) electrons. The Labute approximate surface area is 131 Å². The Balaban J connectivity index is 2.26. The van der Waals surface area contributed by atoms with Gasteiger partial charge in [0.1, 0.15) is 5.02 Å². The van der Waals surface area contributed by atoms with E-state index >= 15 is 0 Å². The summed E-state index contributed by atoms with van der Waals surface area (Å²) in [4.78, 5) is 21.9. The minimum atomic E-state index is -4.76. The minimum absolute atomic E-state index is 0.149. The average Bonchev–Trinajstić information content (AvgIpc) is 2.74. The second-order valence-corrected chi connectivity index (χ2v) is 4.77. The van der Waals surface area contributed by atoms with Crippen LogP contribution in [0.2, 0.25) is 5.02 Å². The van der Waals surface area contributed by atoms with Gasteiger partial charge in [0.05, 0.1) is 4.92 Å². The van der Waals surface area contributed by atoms with Gasteiger partial charge in [-0.25, -0.2) is 0 Å². The Morgan fingerprint density at radius 1 is 1.35 bits per heavy atom. The zero-order chi connectivity index (χ0) is 17.4. The molecule has 0 saturated heterocycles. The lowest BCUT2D eigenvalue weighted by atomic mass is 10.2. The molecule has 11 heteroatoms. The highest BCUT2D eigenvalue weighted by Crippen LogP contribution is 2.36. The van der Waals surface area contributed by atoms with Gasteiger partial charge in [-0.1, -0.05) is 11.6 Å². The number of carbonyl (C=O) groups is 1. The summed E-state index contributed by atoms with van der Waals surface area (Å²) in [5.74, 6) is -0.963. The number of alkyl halides is 3. The first kappa shape index (κ1) is 16.7. The van der Waals surface area contributed by atoms with Crippen LogP contribution in [0.1, 0.15) is 16.2 Å². The Morgan fingerprint density at radius 3 is 2.35 bits per heavy atom. The molecule has 0 bridgehead atoms. The maximum absolute atomic E-state index is 12.8. The average molecular weight is 349 g/mol.